The van der Waals surface area contributed by atoms with Crippen LogP contribution in [0.1, 0.15) is 134 Å². The van der Waals surface area contributed by atoms with Gasteiger partial charge in [0.15, 0.2) is 0 Å². The number of methoxy groups -OCH3 is 1. The average Bonchev–Trinajstić information content (AvgIpc) is 3.05. The summed E-state index contributed by atoms with van der Waals surface area (Å²) in [5, 5.41) is 3.33. The molecule has 0 saturated heterocycles. The molecule has 2 atom stereocenters. The number of fused-ring (bicyclic) bond motifs is 4. The van der Waals surface area contributed by atoms with Gasteiger partial charge in [0.05, 0.1) is 12.5 Å². The number of nitrogens with one attached hydrogen (secondary N) is 1. The monoisotopic (exact) mass is 687 g/mol. The summed E-state index contributed by atoms with van der Waals surface area (Å²) in [4.78, 5) is 52.4. The summed E-state index contributed by atoms with van der Waals surface area (Å²) in [6.07, 6.45) is 7.47. The van der Waals surface area contributed by atoms with E-state index in [1.54, 1.807) is 32.0 Å². The minimum Gasteiger partial charge on any atom is -0.497 e. The second-order valence-electron chi connectivity index (χ2n) is 15.9. The van der Waals surface area contributed by atoms with Gasteiger partial charge >= 0.3 is 11.6 Å². The van der Waals surface area contributed by atoms with E-state index in [4.69, 9.17) is 18.6 Å². The molecule has 1 amide bonds. The van der Waals surface area contributed by atoms with Gasteiger partial charge in [0.1, 0.15) is 39.8 Å². The molecule has 270 valence electrons. The van der Waals surface area contributed by atoms with Gasteiger partial charge in [-0.15, -0.1) is 0 Å². The van der Waals surface area contributed by atoms with E-state index in [9.17, 15) is 19.2 Å². The highest BCUT2D eigenvalue weighted by Gasteiger charge is 2.48. The van der Waals surface area contributed by atoms with E-state index in [0.29, 0.717) is 41.1 Å². The number of rotatable bonds is 13. The standard InChI is InChI=1S/C41H53NO8/c1-9-10-11-12-17-39(2,3)26-22-33(35-29-24-27(43)13-15-31(29)41(6,7)50-34(35)23-26)49-38(46)40(4,5)18-19-42-36(44)30-21-25-20-28(47-8)14-16-32(25)48-37(30)45/h14,16,20-23,29,31H,9-13,15,17-19,24H2,1-8H3,(H,42,44)/t29-,31-/m1/s1. The normalized spacial score (nSPS) is 18.5. The predicted molar refractivity (Wildman–Crippen MR) is 193 cm³/mol. The lowest BCUT2D eigenvalue weighted by Crippen LogP contribution is -2.47. The van der Waals surface area contributed by atoms with Crippen LogP contribution in [0.25, 0.3) is 11.0 Å². The molecule has 2 aromatic carbocycles. The Kier molecular flexibility index (Phi) is 10.8. The highest BCUT2D eigenvalue weighted by molar-refractivity contribution is 5.96. The first kappa shape index (κ1) is 37.1. The van der Waals surface area contributed by atoms with Gasteiger partial charge in [0.2, 0.25) is 0 Å². The predicted octanol–water partition coefficient (Wildman–Crippen LogP) is 8.43. The first-order chi connectivity index (χ1) is 23.6. The number of ether oxygens (including phenoxy) is 3. The van der Waals surface area contributed by atoms with Gasteiger partial charge in [-0.3, -0.25) is 14.4 Å². The number of amides is 1. The second kappa shape index (κ2) is 14.6. The number of hydrogen-bond acceptors (Lipinski definition) is 8. The number of unbranched alkanes of at least 4 members (excludes halogenated alkanes) is 3. The van der Waals surface area contributed by atoms with Crippen LogP contribution in [0, 0.1) is 11.3 Å². The van der Waals surface area contributed by atoms with Crippen molar-refractivity contribution in [3.05, 3.63) is 63.5 Å². The first-order valence-corrected chi connectivity index (χ1v) is 18.1. The molecule has 1 aromatic heterocycles. The van der Waals surface area contributed by atoms with Gasteiger partial charge in [0.25, 0.3) is 5.91 Å². The third-order valence-corrected chi connectivity index (χ3v) is 10.8. The molecule has 0 bridgehead atoms. The highest BCUT2D eigenvalue weighted by Crippen LogP contribution is 2.55. The first-order valence-electron chi connectivity index (χ1n) is 18.1. The molecule has 3 aromatic rings. The number of benzene rings is 2. The molecule has 0 radical (unpaired) electrons. The fourth-order valence-electron chi connectivity index (χ4n) is 7.48. The van der Waals surface area contributed by atoms with Crippen LogP contribution in [0.5, 0.6) is 17.2 Å². The van der Waals surface area contributed by atoms with Crippen LogP contribution in [0.2, 0.25) is 0 Å². The third kappa shape index (κ3) is 7.92. The van der Waals surface area contributed by atoms with Crippen LogP contribution in [0.15, 0.2) is 45.6 Å². The topological polar surface area (TPSA) is 121 Å². The highest BCUT2D eigenvalue weighted by atomic mass is 16.5. The maximum atomic E-state index is 14.0. The summed E-state index contributed by atoms with van der Waals surface area (Å²) in [7, 11) is 1.53. The minimum absolute atomic E-state index is 0.107. The quantitative estimate of drug-likeness (QED) is 0.0823. The summed E-state index contributed by atoms with van der Waals surface area (Å²) in [6, 6.07) is 10.5. The molecule has 1 aliphatic carbocycles. The Balaban J connectivity index is 1.37. The molecule has 2 aliphatic rings. The maximum Gasteiger partial charge on any atom is 0.349 e. The fourth-order valence-corrected chi connectivity index (χ4v) is 7.48. The van der Waals surface area contributed by atoms with Gasteiger partial charge in [-0.1, -0.05) is 46.5 Å². The minimum atomic E-state index is -0.996. The summed E-state index contributed by atoms with van der Waals surface area (Å²) in [5.74, 6) is 0.862. The number of Topliss-reactive ketones (excluding diaryl/α,β-unsaturated/α-hetero) is 1. The third-order valence-electron chi connectivity index (χ3n) is 10.8. The van der Waals surface area contributed by atoms with Crippen LogP contribution in [-0.2, 0) is 15.0 Å². The Hall–Kier alpha value is -4.14. The molecule has 1 fully saturated rings. The Morgan fingerprint density at radius 1 is 1.00 bits per heavy atom. The Morgan fingerprint density at radius 2 is 1.76 bits per heavy atom. The van der Waals surface area contributed by atoms with E-state index < -0.39 is 28.5 Å². The lowest BCUT2D eigenvalue weighted by atomic mass is 9.66. The van der Waals surface area contributed by atoms with Crippen molar-refractivity contribution in [3.63, 3.8) is 0 Å². The Labute approximate surface area is 295 Å². The number of carbonyl (C=O) groups excluding carboxylic acids is 3. The Bertz CT molecular complexity index is 1820. The molecule has 0 unspecified atom stereocenters. The molecule has 9 nitrogen and oxygen atoms in total. The summed E-state index contributed by atoms with van der Waals surface area (Å²) in [5.41, 5.74) is -0.377. The lowest BCUT2D eigenvalue weighted by molar-refractivity contribution is -0.144. The molecule has 1 N–H and O–H groups in total. The molecular weight excluding hydrogens is 634 g/mol. The fraction of sp³-hybridized carbons (Fsp3) is 0.561. The zero-order valence-corrected chi connectivity index (χ0v) is 31.0. The molecule has 2 heterocycles. The van der Waals surface area contributed by atoms with E-state index in [0.717, 1.165) is 43.2 Å². The zero-order chi connectivity index (χ0) is 36.4. The molecule has 5 rings (SSSR count). The van der Waals surface area contributed by atoms with Gasteiger partial charge in [0, 0.05) is 42.2 Å². The SMILES string of the molecule is CCCCCCC(C)(C)c1cc(OC(=O)C(C)(C)CCNC(=O)c2cc3cc(OC)ccc3oc2=O)c2c(c1)OC(C)(C)[C@@H]1CCC(=O)C[C@@H]21. The number of esters is 1. The molecule has 50 heavy (non-hydrogen) atoms. The van der Waals surface area contributed by atoms with Crippen molar-refractivity contribution in [2.75, 3.05) is 13.7 Å². The number of carbonyl (C=O) groups is 3. The van der Waals surface area contributed by atoms with Gasteiger partial charge in [-0.25, -0.2) is 4.79 Å². The Morgan fingerprint density at radius 3 is 2.48 bits per heavy atom. The van der Waals surface area contributed by atoms with E-state index >= 15 is 0 Å². The van der Waals surface area contributed by atoms with Crippen molar-refractivity contribution in [3.8, 4) is 17.2 Å². The smallest absolute Gasteiger partial charge is 0.349 e. The zero-order valence-electron chi connectivity index (χ0n) is 31.0. The van der Waals surface area contributed by atoms with Gasteiger partial charge in [-0.2, -0.15) is 0 Å². The van der Waals surface area contributed by atoms with Crippen LogP contribution >= 0.6 is 0 Å². The van der Waals surface area contributed by atoms with E-state index in [-0.39, 0.29) is 41.6 Å². The van der Waals surface area contributed by atoms with Crippen molar-refractivity contribution in [2.45, 2.75) is 123 Å². The number of hydrogen-bond donors (Lipinski definition) is 1. The largest absolute Gasteiger partial charge is 0.497 e. The van der Waals surface area contributed by atoms with Crippen molar-refractivity contribution >= 4 is 28.6 Å². The summed E-state index contributed by atoms with van der Waals surface area (Å²) in [6.45, 7) is 14.5. The lowest BCUT2D eigenvalue weighted by Gasteiger charge is -2.47. The molecular formula is C41H53NO8. The van der Waals surface area contributed by atoms with Crippen molar-refractivity contribution in [2.24, 2.45) is 11.3 Å². The maximum absolute atomic E-state index is 14.0. The van der Waals surface area contributed by atoms with Gasteiger partial charge < -0.3 is 23.9 Å². The molecule has 1 aliphatic heterocycles. The summed E-state index contributed by atoms with van der Waals surface area (Å²) < 4.78 is 23.6. The van der Waals surface area contributed by atoms with Crippen LogP contribution < -0.4 is 25.2 Å². The second-order valence-corrected chi connectivity index (χ2v) is 15.9. The van der Waals surface area contributed by atoms with E-state index in [2.05, 4.69) is 46.0 Å². The van der Waals surface area contributed by atoms with E-state index in [1.807, 2.05) is 6.07 Å². The van der Waals surface area contributed by atoms with E-state index in [1.165, 1.54) is 19.6 Å². The molecule has 0 spiro atoms. The van der Waals surface area contributed by atoms with Crippen molar-refractivity contribution < 1.29 is 33.0 Å². The van der Waals surface area contributed by atoms with Crippen LogP contribution in [-0.4, -0.2) is 36.9 Å². The number of ketones is 1. The van der Waals surface area contributed by atoms with Crippen LogP contribution in [0.3, 0.4) is 0 Å². The molecule has 9 heteroatoms. The van der Waals surface area contributed by atoms with Crippen LogP contribution in [0.4, 0.5) is 0 Å². The molecule has 1 saturated carbocycles. The summed E-state index contributed by atoms with van der Waals surface area (Å²) >= 11 is 0. The average molecular weight is 688 g/mol. The van der Waals surface area contributed by atoms with Gasteiger partial charge in [-0.05, 0) is 94.3 Å². The van der Waals surface area contributed by atoms with Crippen molar-refractivity contribution in [1.29, 1.82) is 0 Å². The van der Waals surface area contributed by atoms with Crippen molar-refractivity contribution in [1.82, 2.24) is 5.32 Å².